The summed E-state index contributed by atoms with van der Waals surface area (Å²) < 4.78 is 34.2. The molecule has 1 fully saturated rings. The zero-order valence-corrected chi connectivity index (χ0v) is 20.0. The van der Waals surface area contributed by atoms with Crippen LogP contribution in [0.3, 0.4) is 0 Å². The topological polar surface area (TPSA) is 67.1 Å². The van der Waals surface area contributed by atoms with Crippen LogP contribution < -0.4 is 4.80 Å². The van der Waals surface area contributed by atoms with Gasteiger partial charge in [-0.3, -0.25) is 4.90 Å². The Morgan fingerprint density at radius 2 is 1.78 bits per heavy atom. The Labute approximate surface area is 193 Å². The van der Waals surface area contributed by atoms with Crippen LogP contribution in [0.5, 0.6) is 0 Å². The van der Waals surface area contributed by atoms with Gasteiger partial charge >= 0.3 is 0 Å². The van der Waals surface area contributed by atoms with Crippen LogP contribution in [0.1, 0.15) is 0 Å². The number of morpholine rings is 1. The van der Waals surface area contributed by atoms with Gasteiger partial charge in [-0.15, -0.1) is 11.3 Å². The number of rotatable bonds is 7. The van der Waals surface area contributed by atoms with Crippen molar-refractivity contribution in [1.82, 2.24) is 13.8 Å². The van der Waals surface area contributed by atoms with Crippen molar-refractivity contribution in [3.05, 3.63) is 64.8 Å². The summed E-state index contributed by atoms with van der Waals surface area (Å²) in [5, 5.41) is 2.06. The molecule has 0 saturated carbocycles. The minimum Gasteiger partial charge on any atom is -0.379 e. The fourth-order valence-electron chi connectivity index (χ4n) is 3.57. The molecule has 0 aliphatic carbocycles. The first-order chi connectivity index (χ1) is 15.4. The summed E-state index contributed by atoms with van der Waals surface area (Å²) in [6.07, 6.45) is 0. The van der Waals surface area contributed by atoms with Crippen molar-refractivity contribution >= 4 is 27.0 Å². The molecule has 1 aromatic heterocycles. The van der Waals surface area contributed by atoms with E-state index in [1.165, 1.54) is 4.31 Å². The third-order valence-corrected chi connectivity index (χ3v) is 8.11. The minimum absolute atomic E-state index is 0.285. The van der Waals surface area contributed by atoms with Crippen LogP contribution in [0.4, 0.5) is 5.69 Å². The predicted molar refractivity (Wildman–Crippen MR) is 128 cm³/mol. The molecule has 32 heavy (non-hydrogen) atoms. The van der Waals surface area contributed by atoms with Crippen molar-refractivity contribution < 1.29 is 13.2 Å². The summed E-state index contributed by atoms with van der Waals surface area (Å²) in [5.74, 6) is 0. The molecule has 2 aromatic carbocycles. The second kappa shape index (κ2) is 10.1. The molecule has 4 rings (SSSR count). The number of aromatic nitrogens is 1. The van der Waals surface area contributed by atoms with E-state index in [0.717, 1.165) is 61.1 Å². The normalized spacial score (nSPS) is 16.0. The van der Waals surface area contributed by atoms with Crippen molar-refractivity contribution in [2.75, 3.05) is 46.9 Å². The lowest BCUT2D eigenvalue weighted by Gasteiger charge is -2.26. The van der Waals surface area contributed by atoms with Gasteiger partial charge in [-0.1, -0.05) is 30.3 Å². The van der Waals surface area contributed by atoms with Gasteiger partial charge in [0.15, 0.2) is 4.80 Å². The molecule has 3 aromatic rings. The minimum atomic E-state index is -3.51. The fourth-order valence-corrected chi connectivity index (χ4v) is 5.47. The maximum atomic E-state index is 12.7. The number of para-hydroxylation sites is 1. The van der Waals surface area contributed by atoms with E-state index < -0.39 is 10.0 Å². The highest BCUT2D eigenvalue weighted by Crippen LogP contribution is 2.25. The highest BCUT2D eigenvalue weighted by molar-refractivity contribution is 7.89. The molecule has 0 atom stereocenters. The van der Waals surface area contributed by atoms with Gasteiger partial charge in [-0.05, 0) is 24.3 Å². The molecule has 0 spiro atoms. The summed E-state index contributed by atoms with van der Waals surface area (Å²) in [4.78, 5) is 8.42. The first kappa shape index (κ1) is 22.9. The Morgan fingerprint density at radius 3 is 2.50 bits per heavy atom. The van der Waals surface area contributed by atoms with Crippen LogP contribution in [-0.4, -0.2) is 69.1 Å². The Kier molecular flexibility index (Phi) is 7.22. The Hall–Kier alpha value is -2.30. The van der Waals surface area contributed by atoms with Crippen molar-refractivity contribution in [3.8, 4) is 11.3 Å². The van der Waals surface area contributed by atoms with Crippen LogP contribution in [0.25, 0.3) is 11.3 Å². The number of benzene rings is 2. The maximum Gasteiger partial charge on any atom is 0.242 e. The van der Waals surface area contributed by atoms with Crippen molar-refractivity contribution in [3.63, 3.8) is 0 Å². The van der Waals surface area contributed by atoms with Gasteiger partial charge in [0.25, 0.3) is 0 Å². The lowest BCUT2D eigenvalue weighted by atomic mass is 10.2. The number of nitrogens with zero attached hydrogens (tertiary/aromatic N) is 4. The molecule has 9 heteroatoms. The summed E-state index contributed by atoms with van der Waals surface area (Å²) in [6.45, 7) is 4.99. The van der Waals surface area contributed by atoms with Crippen LogP contribution in [-0.2, 0) is 21.3 Å². The van der Waals surface area contributed by atoms with Gasteiger partial charge in [0, 0.05) is 51.2 Å². The summed E-state index contributed by atoms with van der Waals surface area (Å²) >= 11 is 1.57. The zero-order chi connectivity index (χ0) is 22.6. The van der Waals surface area contributed by atoms with E-state index in [1.54, 1.807) is 43.6 Å². The van der Waals surface area contributed by atoms with Gasteiger partial charge in [-0.25, -0.2) is 17.7 Å². The molecular weight excluding hydrogens is 444 g/mol. The average Bonchev–Trinajstić information content (AvgIpc) is 3.21. The standard InChI is InChI=1S/C23H28N4O3S2/c1-25(2)32(28,29)21-10-6-7-19(17-21)22-18-31-23(24-20-8-4-3-5-9-20)27(22)12-11-26-13-15-30-16-14-26/h3-10,17-18H,11-16H2,1-2H3. The summed E-state index contributed by atoms with van der Waals surface area (Å²) in [6, 6.07) is 17.0. The fraction of sp³-hybridized carbons (Fsp3) is 0.348. The van der Waals surface area contributed by atoms with Gasteiger partial charge < -0.3 is 9.30 Å². The van der Waals surface area contributed by atoms with Crippen molar-refractivity contribution in [2.45, 2.75) is 11.4 Å². The van der Waals surface area contributed by atoms with E-state index in [9.17, 15) is 8.42 Å². The highest BCUT2D eigenvalue weighted by Gasteiger charge is 2.19. The van der Waals surface area contributed by atoms with Crippen molar-refractivity contribution in [2.24, 2.45) is 4.99 Å². The predicted octanol–water partition coefficient (Wildman–Crippen LogP) is 3.03. The second-order valence-electron chi connectivity index (χ2n) is 7.77. The van der Waals surface area contributed by atoms with Crippen LogP contribution in [0.15, 0.2) is 69.9 Å². The van der Waals surface area contributed by atoms with Crippen LogP contribution in [0, 0.1) is 0 Å². The number of sulfonamides is 1. The van der Waals surface area contributed by atoms with Crippen molar-refractivity contribution in [1.29, 1.82) is 0 Å². The van der Waals surface area contributed by atoms with E-state index in [4.69, 9.17) is 9.73 Å². The van der Waals surface area contributed by atoms with E-state index in [0.29, 0.717) is 0 Å². The monoisotopic (exact) mass is 472 g/mol. The molecule has 0 amide bonds. The molecular formula is C23H28N4O3S2. The third kappa shape index (κ3) is 5.19. The van der Waals surface area contributed by atoms with Crippen LogP contribution in [0.2, 0.25) is 0 Å². The molecule has 1 aliphatic rings. The lowest BCUT2D eigenvalue weighted by molar-refractivity contribution is 0.0363. The average molecular weight is 473 g/mol. The molecule has 0 bridgehead atoms. The molecule has 1 saturated heterocycles. The van der Waals surface area contributed by atoms with Gasteiger partial charge in [0.05, 0.1) is 29.5 Å². The third-order valence-electron chi connectivity index (χ3n) is 5.43. The van der Waals surface area contributed by atoms with Crippen LogP contribution >= 0.6 is 11.3 Å². The van der Waals surface area contributed by atoms with Gasteiger partial charge in [0.2, 0.25) is 10.0 Å². The Morgan fingerprint density at radius 1 is 1.03 bits per heavy atom. The molecule has 170 valence electrons. The number of thiazole rings is 1. The van der Waals surface area contributed by atoms with Gasteiger partial charge in [-0.2, -0.15) is 0 Å². The highest BCUT2D eigenvalue weighted by atomic mass is 32.2. The summed E-state index contributed by atoms with van der Waals surface area (Å²) in [7, 11) is -0.414. The first-order valence-corrected chi connectivity index (χ1v) is 12.9. The van der Waals surface area contributed by atoms with Gasteiger partial charge in [0.1, 0.15) is 0 Å². The Balaban J connectivity index is 1.74. The molecule has 7 nitrogen and oxygen atoms in total. The van der Waals surface area contributed by atoms with E-state index in [-0.39, 0.29) is 4.90 Å². The van der Waals surface area contributed by atoms with E-state index >= 15 is 0 Å². The lowest BCUT2D eigenvalue weighted by Crippen LogP contribution is -2.39. The molecule has 2 heterocycles. The number of ether oxygens (including phenoxy) is 1. The smallest absolute Gasteiger partial charge is 0.242 e. The molecule has 0 radical (unpaired) electrons. The molecule has 0 N–H and O–H groups in total. The molecule has 1 aliphatic heterocycles. The number of hydrogen-bond acceptors (Lipinski definition) is 6. The molecule has 0 unspecified atom stereocenters. The Bertz CT molecular complexity index is 1210. The second-order valence-corrected chi connectivity index (χ2v) is 10.8. The number of hydrogen-bond donors (Lipinski definition) is 0. The first-order valence-electron chi connectivity index (χ1n) is 10.6. The SMILES string of the molecule is CN(C)S(=O)(=O)c1cccc(-c2csc(=Nc3ccccc3)n2CCN2CCOCC2)c1. The van der Waals surface area contributed by atoms with E-state index in [1.807, 2.05) is 36.4 Å². The largest absolute Gasteiger partial charge is 0.379 e. The maximum absolute atomic E-state index is 12.7. The zero-order valence-electron chi connectivity index (χ0n) is 18.3. The quantitative estimate of drug-likeness (QED) is 0.530. The summed E-state index contributed by atoms with van der Waals surface area (Å²) in [5.41, 5.74) is 2.72. The van der Waals surface area contributed by atoms with E-state index in [2.05, 4.69) is 14.8 Å².